The van der Waals surface area contributed by atoms with Crippen molar-refractivity contribution in [2.45, 2.75) is 0 Å². The second kappa shape index (κ2) is 1.71. The molecule has 38 valence electrons. The maximum atomic E-state index is 7.88. The summed E-state index contributed by atoms with van der Waals surface area (Å²) in [6.45, 7) is 0. The maximum Gasteiger partial charge on any atom is 0.347 e. The van der Waals surface area contributed by atoms with Crippen LogP contribution >= 0.6 is 7.74 Å². The summed E-state index contributed by atoms with van der Waals surface area (Å²) in [5, 5.41) is 0. The summed E-state index contributed by atoms with van der Waals surface area (Å²) in [7, 11) is -2.64. The lowest BCUT2D eigenvalue weighted by Crippen LogP contribution is -1.69. The van der Waals surface area contributed by atoms with Crippen molar-refractivity contribution in [1.82, 2.24) is 0 Å². The van der Waals surface area contributed by atoms with Crippen LogP contribution in [0.2, 0.25) is 0 Å². The largest absolute Gasteiger partial charge is 0.347 e. The third kappa shape index (κ3) is 4.11. The van der Waals surface area contributed by atoms with Crippen molar-refractivity contribution in [3.05, 3.63) is 0 Å². The summed E-state index contributed by atoms with van der Waals surface area (Å²) in [5.41, 5.74) is 0. The molecule has 0 spiro atoms. The Hall–Kier alpha value is 0.110. The fraction of sp³-hybridized carbons (Fsp3) is 1.00. The minimum absolute atomic E-state index is 1.13. The monoisotopic (exact) mass is 111 g/mol. The van der Waals surface area contributed by atoms with E-state index in [0.29, 0.717) is 0 Å². The second-order valence-corrected chi connectivity index (χ2v) is 2.21. The molecule has 0 unspecified atom stereocenters. The van der Waals surface area contributed by atoms with Gasteiger partial charge >= 0.3 is 7.74 Å². The van der Waals surface area contributed by atoms with Gasteiger partial charge in [0.2, 0.25) is 0 Å². The third-order valence-electron chi connectivity index (χ3n) is 0.268. The molecule has 0 atom stereocenters. The molecule has 0 aliphatic rings. The van der Waals surface area contributed by atoms with Gasteiger partial charge in [-0.15, -0.1) is 0 Å². The van der Waals surface area contributed by atoms with Crippen LogP contribution in [0.3, 0.4) is 0 Å². The second-order valence-electron chi connectivity index (χ2n) is 0.737. The zero-order valence-corrected chi connectivity index (χ0v) is 4.13. The summed E-state index contributed by atoms with van der Waals surface area (Å²) in [4.78, 5) is 23.6. The Morgan fingerprint density at radius 3 is 1.50 bits per heavy atom. The van der Waals surface area contributed by atoms with Gasteiger partial charge in [0.1, 0.15) is 0 Å². The topological polar surface area (TPSA) is 73.1 Å². The van der Waals surface area contributed by atoms with Gasteiger partial charge in [-0.2, -0.15) is 0 Å². The van der Waals surface area contributed by atoms with E-state index >= 15 is 0 Å². The van der Waals surface area contributed by atoms with E-state index in [1.807, 2.05) is 0 Å². The first kappa shape index (κ1) is 6.11. The van der Waals surface area contributed by atoms with Gasteiger partial charge in [0.25, 0.3) is 0 Å². The summed E-state index contributed by atoms with van der Waals surface area (Å²) >= 11 is 0. The summed E-state index contributed by atoms with van der Waals surface area (Å²) in [5.74, 6) is 0. The molecule has 4 nitrogen and oxygen atoms in total. The zero-order valence-electron chi connectivity index (χ0n) is 3.24. The first-order valence-corrected chi connectivity index (χ1v) is 2.85. The Labute approximate surface area is 35.4 Å². The van der Waals surface area contributed by atoms with E-state index in [2.05, 4.69) is 4.74 Å². The van der Waals surface area contributed by atoms with E-state index in [4.69, 9.17) is 14.7 Å². The Kier molecular flexibility index (Phi) is 1.74. The minimum Gasteiger partial charge on any atom is -0.319 e. The first-order valence-electron chi connectivity index (χ1n) is 1.25. The van der Waals surface area contributed by atoms with Crippen molar-refractivity contribution in [1.29, 1.82) is 0 Å². The van der Waals surface area contributed by atoms with Crippen molar-refractivity contribution < 1.29 is 14.7 Å². The van der Waals surface area contributed by atoms with Crippen LogP contribution in [0.25, 0.3) is 0 Å². The number of nitrogens with zero attached hydrogens (tertiary/aromatic N) is 1. The fourth-order valence-corrected chi connectivity index (χ4v) is 0. The Morgan fingerprint density at radius 2 is 1.50 bits per heavy atom. The van der Waals surface area contributed by atoms with Crippen LogP contribution in [0.4, 0.5) is 0 Å². The highest BCUT2D eigenvalue weighted by atomic mass is 31.2. The van der Waals surface area contributed by atoms with Crippen LogP contribution < -0.4 is 0 Å². The Balaban J connectivity index is 3.79. The average molecular weight is 111 g/mol. The smallest absolute Gasteiger partial charge is 0.319 e. The summed E-state index contributed by atoms with van der Waals surface area (Å²) < 4.78 is 2.80. The molecule has 0 rings (SSSR count). The molecule has 0 radical (unpaired) electrons. The lowest BCUT2D eigenvalue weighted by molar-refractivity contribution is 0.348. The van der Waals surface area contributed by atoms with Crippen molar-refractivity contribution in [2.24, 2.45) is 4.74 Å². The van der Waals surface area contributed by atoms with E-state index in [1.54, 1.807) is 0 Å². The molecule has 5 heteroatoms. The van der Waals surface area contributed by atoms with Gasteiger partial charge < -0.3 is 14.7 Å². The SMILES string of the molecule is CN=P(O)(O)O. The quantitative estimate of drug-likeness (QED) is 0.370. The van der Waals surface area contributed by atoms with E-state index in [0.717, 1.165) is 7.05 Å². The molecule has 0 saturated carbocycles. The zero-order chi connectivity index (χ0) is 5.21. The van der Waals surface area contributed by atoms with Gasteiger partial charge in [-0.25, -0.2) is 4.74 Å². The summed E-state index contributed by atoms with van der Waals surface area (Å²) in [6.07, 6.45) is 0. The van der Waals surface area contributed by atoms with Gasteiger partial charge in [-0.05, 0) is 0 Å². The van der Waals surface area contributed by atoms with Crippen molar-refractivity contribution >= 4 is 7.74 Å². The minimum atomic E-state index is -3.77. The van der Waals surface area contributed by atoms with E-state index in [1.165, 1.54) is 0 Å². The lowest BCUT2D eigenvalue weighted by Gasteiger charge is -1.93. The number of rotatable bonds is 0. The van der Waals surface area contributed by atoms with Gasteiger partial charge in [0.15, 0.2) is 0 Å². The molecule has 6 heavy (non-hydrogen) atoms. The van der Waals surface area contributed by atoms with Gasteiger partial charge in [-0.1, -0.05) is 0 Å². The molecule has 0 bridgehead atoms. The Bertz CT molecular complexity index is 74.5. The van der Waals surface area contributed by atoms with E-state index in [9.17, 15) is 0 Å². The van der Waals surface area contributed by atoms with E-state index < -0.39 is 7.74 Å². The maximum absolute atomic E-state index is 7.88. The molecule has 0 aliphatic carbocycles. The molecule has 0 fully saturated rings. The molecule has 3 N–H and O–H groups in total. The van der Waals surface area contributed by atoms with Crippen LogP contribution in [0, 0.1) is 0 Å². The Morgan fingerprint density at radius 1 is 1.33 bits per heavy atom. The predicted molar refractivity (Wildman–Crippen MR) is 21.9 cm³/mol. The molecule has 0 aromatic heterocycles. The molecular weight excluding hydrogens is 105 g/mol. The molecule has 0 aromatic rings. The lowest BCUT2D eigenvalue weighted by atomic mass is 11.6. The molecule has 0 aromatic carbocycles. The van der Waals surface area contributed by atoms with Gasteiger partial charge in [0.05, 0.1) is 0 Å². The van der Waals surface area contributed by atoms with Crippen LogP contribution in [0.15, 0.2) is 4.74 Å². The van der Waals surface area contributed by atoms with E-state index in [-0.39, 0.29) is 0 Å². The fourth-order valence-electron chi connectivity index (χ4n) is 0. The highest BCUT2D eigenvalue weighted by Gasteiger charge is 1.96. The van der Waals surface area contributed by atoms with Crippen molar-refractivity contribution in [3.63, 3.8) is 0 Å². The van der Waals surface area contributed by atoms with Crippen molar-refractivity contribution in [2.75, 3.05) is 7.05 Å². The predicted octanol–water partition coefficient (Wildman–Crippen LogP) is -0.461. The van der Waals surface area contributed by atoms with Gasteiger partial charge in [0, 0.05) is 7.05 Å². The molecule has 0 heterocycles. The third-order valence-corrected chi connectivity index (χ3v) is 0.805. The van der Waals surface area contributed by atoms with Crippen LogP contribution in [0.1, 0.15) is 0 Å². The molecule has 0 saturated heterocycles. The van der Waals surface area contributed by atoms with Crippen molar-refractivity contribution in [3.8, 4) is 0 Å². The average Bonchev–Trinajstić information content (AvgIpc) is 1.35. The first-order chi connectivity index (χ1) is 2.56. The number of hydrogen-bond donors (Lipinski definition) is 3. The van der Waals surface area contributed by atoms with Gasteiger partial charge in [-0.3, -0.25) is 0 Å². The normalized spacial score (nSPS) is 11.3. The molecule has 0 amide bonds. The van der Waals surface area contributed by atoms with Crippen LogP contribution in [-0.2, 0) is 0 Å². The molecular formula is CH6NO3P. The number of hydrogen-bond acceptors (Lipinski definition) is 1. The highest BCUT2D eigenvalue weighted by Crippen LogP contribution is 2.31. The van der Waals surface area contributed by atoms with Crippen LogP contribution in [-0.4, -0.2) is 21.7 Å². The standard InChI is InChI=1S/CH6NO3P/c1-2-6(3,4)5/h3-5H,1H3. The summed E-state index contributed by atoms with van der Waals surface area (Å²) in [6, 6.07) is 0. The van der Waals surface area contributed by atoms with Crippen LogP contribution in [0.5, 0.6) is 0 Å². The molecule has 0 aliphatic heterocycles. The highest BCUT2D eigenvalue weighted by molar-refractivity contribution is 7.47.